The number of hydrogen-bond donors (Lipinski definition) is 0. The van der Waals surface area contributed by atoms with Crippen LogP contribution in [0.5, 0.6) is 0 Å². The Balaban J connectivity index is 2.09. The minimum atomic E-state index is -0.0164. The molecule has 1 aromatic heterocycles. The molecular formula is C14H14ClNO2. The van der Waals surface area contributed by atoms with Gasteiger partial charge >= 0.3 is 0 Å². The molecule has 4 heteroatoms. The zero-order valence-electron chi connectivity index (χ0n) is 10.2. The topological polar surface area (TPSA) is 33.5 Å². The van der Waals surface area contributed by atoms with Gasteiger partial charge in [-0.2, -0.15) is 0 Å². The number of benzene rings is 1. The summed E-state index contributed by atoms with van der Waals surface area (Å²) < 4.78 is 5.68. The van der Waals surface area contributed by atoms with Crippen molar-refractivity contribution in [3.63, 3.8) is 0 Å². The van der Waals surface area contributed by atoms with Crippen molar-refractivity contribution < 1.29 is 9.21 Å². The first kappa shape index (κ1) is 11.6. The second-order valence-corrected chi connectivity index (χ2v) is 5.08. The van der Waals surface area contributed by atoms with E-state index in [1.807, 2.05) is 24.0 Å². The maximum Gasteiger partial charge on any atom is 0.289 e. The quantitative estimate of drug-likeness (QED) is 0.787. The van der Waals surface area contributed by atoms with E-state index in [9.17, 15) is 4.79 Å². The molecule has 0 spiro atoms. The maximum atomic E-state index is 12.3. The Kier molecular flexibility index (Phi) is 2.78. The molecule has 0 radical (unpaired) electrons. The van der Waals surface area contributed by atoms with Crippen LogP contribution in [0.4, 0.5) is 0 Å². The summed E-state index contributed by atoms with van der Waals surface area (Å²) in [6.07, 6.45) is 2.15. The number of amides is 1. The first-order chi connectivity index (χ1) is 8.68. The van der Waals surface area contributed by atoms with Crippen LogP contribution in [0.25, 0.3) is 11.0 Å². The van der Waals surface area contributed by atoms with E-state index in [1.165, 1.54) is 0 Å². The number of fused-ring (bicyclic) bond motifs is 1. The van der Waals surface area contributed by atoms with Crippen LogP contribution in [0.2, 0.25) is 5.02 Å². The molecule has 1 aliphatic heterocycles. The molecule has 0 saturated carbocycles. The van der Waals surface area contributed by atoms with Crippen LogP contribution in [0.15, 0.2) is 22.6 Å². The molecule has 3 nitrogen and oxygen atoms in total. The van der Waals surface area contributed by atoms with Crippen molar-refractivity contribution in [1.29, 1.82) is 0 Å². The second kappa shape index (κ2) is 4.32. The number of carbonyl (C=O) groups excluding carboxylic acids is 1. The van der Waals surface area contributed by atoms with Gasteiger partial charge in [-0.3, -0.25) is 4.79 Å². The number of rotatable bonds is 1. The second-order valence-electron chi connectivity index (χ2n) is 4.67. The average molecular weight is 264 g/mol. The monoisotopic (exact) mass is 263 g/mol. The van der Waals surface area contributed by atoms with Crippen LogP contribution in [0, 0.1) is 6.92 Å². The predicted octanol–water partition coefficient (Wildman–Crippen LogP) is 3.63. The van der Waals surface area contributed by atoms with Crippen LogP contribution in [-0.2, 0) is 0 Å². The van der Waals surface area contributed by atoms with Gasteiger partial charge in [-0.1, -0.05) is 23.7 Å². The normalized spacial score (nSPS) is 15.6. The van der Waals surface area contributed by atoms with Gasteiger partial charge in [-0.25, -0.2) is 0 Å². The van der Waals surface area contributed by atoms with Crippen molar-refractivity contribution in [2.75, 3.05) is 13.1 Å². The van der Waals surface area contributed by atoms with Crippen molar-refractivity contribution in [3.8, 4) is 0 Å². The predicted molar refractivity (Wildman–Crippen MR) is 71.1 cm³/mol. The number of para-hydroxylation sites is 1. The number of nitrogens with zero attached hydrogens (tertiary/aromatic N) is 1. The first-order valence-corrected chi connectivity index (χ1v) is 6.53. The highest BCUT2D eigenvalue weighted by atomic mass is 35.5. The molecule has 1 saturated heterocycles. The summed E-state index contributed by atoms with van der Waals surface area (Å²) in [5.41, 5.74) is 1.49. The molecule has 3 rings (SSSR count). The highest BCUT2D eigenvalue weighted by molar-refractivity contribution is 6.35. The minimum absolute atomic E-state index is 0.0164. The van der Waals surface area contributed by atoms with Gasteiger partial charge in [0.05, 0.1) is 5.02 Å². The molecule has 2 heterocycles. The largest absolute Gasteiger partial charge is 0.449 e. The molecule has 1 fully saturated rings. The highest BCUT2D eigenvalue weighted by Crippen LogP contribution is 2.31. The molecule has 0 N–H and O–H groups in total. The third kappa shape index (κ3) is 1.70. The summed E-state index contributed by atoms with van der Waals surface area (Å²) in [4.78, 5) is 14.2. The number of halogens is 1. The Morgan fingerprint density at radius 2 is 2.06 bits per heavy atom. The van der Waals surface area contributed by atoms with Gasteiger partial charge in [0, 0.05) is 24.0 Å². The molecule has 2 aromatic rings. The summed E-state index contributed by atoms with van der Waals surface area (Å²) in [7, 11) is 0. The zero-order valence-corrected chi connectivity index (χ0v) is 11.0. The van der Waals surface area contributed by atoms with E-state index >= 15 is 0 Å². The fraction of sp³-hybridized carbons (Fsp3) is 0.357. The molecule has 94 valence electrons. The fourth-order valence-corrected chi connectivity index (χ4v) is 2.69. The standard InChI is InChI=1S/C14H14ClNO2/c1-9-10-5-4-6-11(15)13(10)18-12(9)14(17)16-7-2-3-8-16/h4-6H,2-3,7-8H2,1H3. The van der Waals surface area contributed by atoms with Crippen LogP contribution in [0.3, 0.4) is 0 Å². The van der Waals surface area contributed by atoms with E-state index in [0.717, 1.165) is 36.9 Å². The van der Waals surface area contributed by atoms with Crippen molar-refractivity contribution >= 4 is 28.5 Å². The minimum Gasteiger partial charge on any atom is -0.449 e. The zero-order chi connectivity index (χ0) is 12.7. The molecule has 1 aromatic carbocycles. The van der Waals surface area contributed by atoms with Crippen LogP contribution < -0.4 is 0 Å². The SMILES string of the molecule is Cc1c(C(=O)N2CCCC2)oc2c(Cl)cccc12. The Hall–Kier alpha value is -1.48. The lowest BCUT2D eigenvalue weighted by Gasteiger charge is -2.13. The number of furan rings is 1. The van der Waals surface area contributed by atoms with Gasteiger partial charge in [-0.15, -0.1) is 0 Å². The Morgan fingerprint density at radius 3 is 2.72 bits per heavy atom. The lowest BCUT2D eigenvalue weighted by Crippen LogP contribution is -2.27. The molecule has 1 amide bonds. The Bertz CT molecular complexity index is 612. The number of aryl methyl sites for hydroxylation is 1. The Labute approximate surface area is 110 Å². The first-order valence-electron chi connectivity index (χ1n) is 6.15. The smallest absolute Gasteiger partial charge is 0.289 e. The van der Waals surface area contributed by atoms with Crippen molar-refractivity contribution in [2.24, 2.45) is 0 Å². The van der Waals surface area contributed by atoms with E-state index in [4.69, 9.17) is 16.0 Å². The summed E-state index contributed by atoms with van der Waals surface area (Å²) >= 11 is 6.09. The van der Waals surface area contributed by atoms with Crippen LogP contribution >= 0.6 is 11.6 Å². The van der Waals surface area contributed by atoms with E-state index in [-0.39, 0.29) is 5.91 Å². The lowest BCUT2D eigenvalue weighted by atomic mass is 10.1. The van der Waals surface area contributed by atoms with Crippen LogP contribution in [0.1, 0.15) is 29.0 Å². The van der Waals surface area contributed by atoms with E-state index in [0.29, 0.717) is 16.4 Å². The molecule has 0 aliphatic carbocycles. The third-order valence-electron chi connectivity index (χ3n) is 3.50. The lowest BCUT2D eigenvalue weighted by molar-refractivity contribution is 0.0762. The molecule has 0 bridgehead atoms. The molecule has 0 atom stereocenters. The molecular weight excluding hydrogens is 250 g/mol. The van der Waals surface area contributed by atoms with Gasteiger partial charge in [0.2, 0.25) is 0 Å². The molecule has 1 aliphatic rings. The summed E-state index contributed by atoms with van der Waals surface area (Å²) in [5.74, 6) is 0.414. The van der Waals surface area contributed by atoms with Crippen molar-refractivity contribution in [3.05, 3.63) is 34.5 Å². The number of hydrogen-bond acceptors (Lipinski definition) is 2. The van der Waals surface area contributed by atoms with E-state index in [1.54, 1.807) is 6.07 Å². The van der Waals surface area contributed by atoms with Gasteiger partial charge in [-0.05, 0) is 25.8 Å². The van der Waals surface area contributed by atoms with Crippen LogP contribution in [-0.4, -0.2) is 23.9 Å². The molecule has 18 heavy (non-hydrogen) atoms. The summed E-state index contributed by atoms with van der Waals surface area (Å²) in [5, 5.41) is 1.47. The van der Waals surface area contributed by atoms with Gasteiger partial charge in [0.15, 0.2) is 11.3 Å². The maximum absolute atomic E-state index is 12.3. The van der Waals surface area contributed by atoms with Crippen molar-refractivity contribution in [2.45, 2.75) is 19.8 Å². The summed E-state index contributed by atoms with van der Waals surface area (Å²) in [6, 6.07) is 5.58. The number of carbonyl (C=O) groups is 1. The van der Waals surface area contributed by atoms with E-state index in [2.05, 4.69) is 0 Å². The van der Waals surface area contributed by atoms with E-state index < -0.39 is 0 Å². The third-order valence-corrected chi connectivity index (χ3v) is 3.80. The highest BCUT2D eigenvalue weighted by Gasteiger charge is 2.25. The van der Waals surface area contributed by atoms with Gasteiger partial charge in [0.1, 0.15) is 0 Å². The molecule has 0 unspecified atom stereocenters. The Morgan fingerprint density at radius 1 is 1.33 bits per heavy atom. The van der Waals surface area contributed by atoms with Gasteiger partial charge < -0.3 is 9.32 Å². The number of likely N-dealkylation sites (tertiary alicyclic amines) is 1. The fourth-order valence-electron chi connectivity index (χ4n) is 2.48. The average Bonchev–Trinajstić information content (AvgIpc) is 2.98. The van der Waals surface area contributed by atoms with Gasteiger partial charge in [0.25, 0.3) is 5.91 Å². The summed E-state index contributed by atoms with van der Waals surface area (Å²) in [6.45, 7) is 3.55. The van der Waals surface area contributed by atoms with Crippen molar-refractivity contribution in [1.82, 2.24) is 4.90 Å².